The van der Waals surface area contributed by atoms with Crippen molar-refractivity contribution in [1.29, 1.82) is 0 Å². The van der Waals surface area contributed by atoms with E-state index in [4.69, 9.17) is 5.10 Å². The van der Waals surface area contributed by atoms with E-state index in [0.29, 0.717) is 23.5 Å². The first-order valence-corrected chi connectivity index (χ1v) is 9.58. The number of H-pyrrole nitrogens is 1. The Kier molecular flexibility index (Phi) is 4.29. The summed E-state index contributed by atoms with van der Waals surface area (Å²) in [6.45, 7) is 7.80. The van der Waals surface area contributed by atoms with Gasteiger partial charge in [-0.15, -0.1) is 0 Å². The molecule has 0 radical (unpaired) electrons. The highest BCUT2D eigenvalue weighted by molar-refractivity contribution is 5.74. The molecular weight excluding hydrogens is 358 g/mol. The maximum atomic E-state index is 12.3. The normalized spacial score (nSPS) is 17.4. The van der Waals surface area contributed by atoms with Gasteiger partial charge in [-0.3, -0.25) is 19.1 Å². The Bertz CT molecular complexity index is 1050. The molecule has 3 aromatic heterocycles. The number of nitrogens with one attached hydrogen (secondary N) is 1. The minimum Gasteiger partial charge on any atom is -0.389 e. The highest BCUT2D eigenvalue weighted by Crippen LogP contribution is 2.35. The summed E-state index contributed by atoms with van der Waals surface area (Å²) in [5.41, 5.74) is 0.637. The number of fused-ring (bicyclic) bond motifs is 1. The van der Waals surface area contributed by atoms with Gasteiger partial charge in [-0.2, -0.15) is 15.2 Å². The molecule has 0 atom stereocenters. The molecule has 2 N–H and O–H groups in total. The summed E-state index contributed by atoms with van der Waals surface area (Å²) >= 11 is 0. The Labute approximate surface area is 163 Å². The summed E-state index contributed by atoms with van der Waals surface area (Å²) < 4.78 is 3.43. The van der Waals surface area contributed by atoms with Crippen LogP contribution in [0.4, 0.5) is 5.95 Å². The molecule has 3 aromatic rings. The Morgan fingerprint density at radius 3 is 2.71 bits per heavy atom. The fourth-order valence-electron chi connectivity index (χ4n) is 3.81. The van der Waals surface area contributed by atoms with Gasteiger partial charge in [-0.25, -0.2) is 0 Å². The second-order valence-corrected chi connectivity index (χ2v) is 8.65. The maximum absolute atomic E-state index is 12.3. The Hall–Kier alpha value is -2.68. The number of aryl methyl sites for hydroxylation is 1. The van der Waals surface area contributed by atoms with E-state index in [1.54, 1.807) is 31.8 Å². The Balaban J connectivity index is 1.51. The molecule has 4 rings (SSSR count). The molecule has 1 fully saturated rings. The SMILES string of the molecule is Cn1ncc2c(=O)[nH]c(N3CCC(C)(c4ccn(CC(C)(C)O)n4)CC3)nc21. The van der Waals surface area contributed by atoms with E-state index in [1.165, 1.54) is 0 Å². The number of nitrogens with zero attached hydrogens (tertiary/aromatic N) is 6. The van der Waals surface area contributed by atoms with Crippen molar-refractivity contribution < 1.29 is 5.11 Å². The van der Waals surface area contributed by atoms with Gasteiger partial charge in [0, 0.05) is 31.7 Å². The number of hydrogen-bond acceptors (Lipinski definition) is 6. The number of rotatable bonds is 4. The summed E-state index contributed by atoms with van der Waals surface area (Å²) in [6.07, 6.45) is 5.28. The fraction of sp³-hybridized carbons (Fsp3) is 0.579. The number of piperidine rings is 1. The summed E-state index contributed by atoms with van der Waals surface area (Å²) in [4.78, 5) is 21.9. The van der Waals surface area contributed by atoms with Crippen LogP contribution in [0, 0.1) is 0 Å². The first-order valence-electron chi connectivity index (χ1n) is 9.58. The van der Waals surface area contributed by atoms with Gasteiger partial charge in [0.1, 0.15) is 5.39 Å². The molecular formula is C19H27N7O2. The molecule has 0 bridgehead atoms. The van der Waals surface area contributed by atoms with Crippen LogP contribution in [0.1, 0.15) is 39.3 Å². The molecule has 0 aliphatic carbocycles. The smallest absolute Gasteiger partial charge is 0.263 e. The van der Waals surface area contributed by atoms with Crippen LogP contribution in [0.15, 0.2) is 23.3 Å². The van der Waals surface area contributed by atoms with Gasteiger partial charge < -0.3 is 10.0 Å². The lowest BCUT2D eigenvalue weighted by atomic mass is 9.78. The highest BCUT2D eigenvalue weighted by atomic mass is 16.3. The van der Waals surface area contributed by atoms with Gasteiger partial charge in [0.15, 0.2) is 5.65 Å². The first kappa shape index (κ1) is 18.7. The second-order valence-electron chi connectivity index (χ2n) is 8.65. The molecule has 28 heavy (non-hydrogen) atoms. The Morgan fingerprint density at radius 2 is 2.04 bits per heavy atom. The van der Waals surface area contributed by atoms with Crippen molar-refractivity contribution in [3.05, 3.63) is 34.5 Å². The molecule has 4 heterocycles. The van der Waals surface area contributed by atoms with Crippen molar-refractivity contribution in [2.75, 3.05) is 18.0 Å². The van der Waals surface area contributed by atoms with Crippen molar-refractivity contribution in [2.45, 2.75) is 51.2 Å². The van der Waals surface area contributed by atoms with Crippen LogP contribution in [-0.4, -0.2) is 53.3 Å². The summed E-state index contributed by atoms with van der Waals surface area (Å²) in [7, 11) is 1.79. The molecule has 0 amide bonds. The van der Waals surface area contributed by atoms with Crippen LogP contribution in [0.25, 0.3) is 11.0 Å². The third-order valence-electron chi connectivity index (χ3n) is 5.56. The lowest BCUT2D eigenvalue weighted by molar-refractivity contribution is 0.0574. The first-order chi connectivity index (χ1) is 13.1. The number of aromatic amines is 1. The summed E-state index contributed by atoms with van der Waals surface area (Å²) in [5, 5.41) is 19.3. The maximum Gasteiger partial charge on any atom is 0.263 e. The highest BCUT2D eigenvalue weighted by Gasteiger charge is 2.34. The number of anilines is 1. The summed E-state index contributed by atoms with van der Waals surface area (Å²) in [5.74, 6) is 0.593. The van der Waals surface area contributed by atoms with E-state index in [9.17, 15) is 9.90 Å². The van der Waals surface area contributed by atoms with Gasteiger partial charge in [0.25, 0.3) is 5.56 Å². The monoisotopic (exact) mass is 385 g/mol. The van der Waals surface area contributed by atoms with Gasteiger partial charge in [0.05, 0.1) is 24.0 Å². The molecule has 9 heteroatoms. The molecule has 0 aromatic carbocycles. The van der Waals surface area contributed by atoms with Crippen molar-refractivity contribution in [3.63, 3.8) is 0 Å². The Morgan fingerprint density at radius 1 is 1.32 bits per heavy atom. The zero-order valence-electron chi connectivity index (χ0n) is 16.8. The lowest BCUT2D eigenvalue weighted by Gasteiger charge is -2.38. The number of hydrogen-bond donors (Lipinski definition) is 2. The minimum absolute atomic E-state index is 0.0434. The lowest BCUT2D eigenvalue weighted by Crippen LogP contribution is -2.42. The van der Waals surface area contributed by atoms with E-state index in [0.717, 1.165) is 31.6 Å². The van der Waals surface area contributed by atoms with Gasteiger partial charge >= 0.3 is 0 Å². The van der Waals surface area contributed by atoms with E-state index in [1.807, 2.05) is 16.9 Å². The topological polar surface area (TPSA) is 105 Å². The third kappa shape index (κ3) is 3.42. The molecule has 150 valence electrons. The summed E-state index contributed by atoms with van der Waals surface area (Å²) in [6, 6.07) is 2.04. The molecule has 0 unspecified atom stereocenters. The standard InChI is InChI=1S/C19H27N7O2/c1-18(2,28)12-26-8-5-14(23-26)19(3)6-9-25(10-7-19)17-21-15-13(16(27)22-17)11-20-24(15)4/h5,8,11,28H,6-7,9-10,12H2,1-4H3,(H,21,22,27). The largest absolute Gasteiger partial charge is 0.389 e. The van der Waals surface area contributed by atoms with Crippen LogP contribution >= 0.6 is 0 Å². The van der Waals surface area contributed by atoms with Crippen molar-refractivity contribution in [3.8, 4) is 0 Å². The van der Waals surface area contributed by atoms with Crippen LogP contribution in [-0.2, 0) is 19.0 Å². The predicted molar refractivity (Wildman–Crippen MR) is 106 cm³/mol. The van der Waals surface area contributed by atoms with Crippen LogP contribution in [0.2, 0.25) is 0 Å². The predicted octanol–water partition coefficient (Wildman–Crippen LogP) is 1.18. The second kappa shape index (κ2) is 6.44. The minimum atomic E-state index is -0.796. The molecule has 1 saturated heterocycles. The average molecular weight is 385 g/mol. The van der Waals surface area contributed by atoms with Gasteiger partial charge in [-0.1, -0.05) is 6.92 Å². The zero-order chi connectivity index (χ0) is 20.1. The third-order valence-corrected chi connectivity index (χ3v) is 5.56. The van der Waals surface area contributed by atoms with Crippen LogP contribution in [0.5, 0.6) is 0 Å². The van der Waals surface area contributed by atoms with Crippen LogP contribution in [0.3, 0.4) is 0 Å². The van der Waals surface area contributed by atoms with E-state index in [2.05, 4.69) is 26.9 Å². The van der Waals surface area contributed by atoms with E-state index < -0.39 is 5.60 Å². The fourth-order valence-corrected chi connectivity index (χ4v) is 3.81. The average Bonchev–Trinajstić information content (AvgIpc) is 3.22. The van der Waals surface area contributed by atoms with E-state index in [-0.39, 0.29) is 11.0 Å². The molecule has 1 aliphatic heterocycles. The van der Waals surface area contributed by atoms with Crippen LogP contribution < -0.4 is 10.5 Å². The van der Waals surface area contributed by atoms with Gasteiger partial charge in [-0.05, 0) is 32.8 Å². The molecule has 0 saturated carbocycles. The van der Waals surface area contributed by atoms with Crippen molar-refractivity contribution in [2.24, 2.45) is 7.05 Å². The quantitative estimate of drug-likeness (QED) is 0.699. The number of aromatic nitrogens is 6. The number of aliphatic hydroxyl groups is 1. The van der Waals surface area contributed by atoms with Crippen molar-refractivity contribution in [1.82, 2.24) is 29.5 Å². The van der Waals surface area contributed by atoms with Gasteiger partial charge in [0.2, 0.25) is 5.95 Å². The molecule has 0 spiro atoms. The van der Waals surface area contributed by atoms with E-state index >= 15 is 0 Å². The zero-order valence-corrected chi connectivity index (χ0v) is 16.8. The van der Waals surface area contributed by atoms with Crippen molar-refractivity contribution >= 4 is 17.0 Å². The molecule has 9 nitrogen and oxygen atoms in total. The molecule has 1 aliphatic rings.